The van der Waals surface area contributed by atoms with E-state index >= 15 is 0 Å². The van der Waals surface area contributed by atoms with Crippen LogP contribution in [0.2, 0.25) is 0 Å². The second-order valence-corrected chi connectivity index (χ2v) is 5.91. The molecule has 0 aliphatic rings. The van der Waals surface area contributed by atoms with Gasteiger partial charge in [0, 0.05) is 5.33 Å². The molecule has 1 aromatic rings. The molecule has 0 saturated carbocycles. The number of aryl methyl sites for hydroxylation is 3. The summed E-state index contributed by atoms with van der Waals surface area (Å²) in [6.45, 7) is 11.2. The molecule has 0 spiro atoms. The summed E-state index contributed by atoms with van der Waals surface area (Å²) in [7, 11) is 0. The molecule has 0 aliphatic carbocycles. The molecular weight excluding hydrogens is 248 g/mol. The number of hydrogen-bond donors (Lipinski definition) is 0. The molecule has 0 amide bonds. The van der Waals surface area contributed by atoms with E-state index in [1.54, 1.807) is 0 Å². The maximum Gasteiger partial charge on any atom is 0.00858 e. The van der Waals surface area contributed by atoms with Crippen LogP contribution < -0.4 is 0 Å². The highest BCUT2D eigenvalue weighted by atomic mass is 79.9. The van der Waals surface area contributed by atoms with Gasteiger partial charge in [0.25, 0.3) is 0 Å². The van der Waals surface area contributed by atoms with Gasteiger partial charge < -0.3 is 0 Å². The lowest BCUT2D eigenvalue weighted by Gasteiger charge is -2.24. The Hall–Kier alpha value is -0.300. The maximum absolute atomic E-state index is 3.59. The van der Waals surface area contributed by atoms with E-state index in [9.17, 15) is 0 Å². The largest absolute Gasteiger partial charge is 0.0922 e. The third-order valence-electron chi connectivity index (χ3n) is 2.86. The van der Waals surface area contributed by atoms with Gasteiger partial charge in [-0.3, -0.25) is 0 Å². The van der Waals surface area contributed by atoms with Gasteiger partial charge in [-0.1, -0.05) is 47.5 Å². The molecule has 0 fully saturated rings. The fourth-order valence-corrected chi connectivity index (χ4v) is 2.21. The Morgan fingerprint density at radius 2 is 1.53 bits per heavy atom. The molecule has 0 bridgehead atoms. The number of hydrogen-bond acceptors (Lipinski definition) is 0. The van der Waals surface area contributed by atoms with Crippen LogP contribution in [0, 0.1) is 26.2 Å². The van der Waals surface area contributed by atoms with Crippen LogP contribution in [0.4, 0.5) is 0 Å². The molecule has 0 N–H and O–H groups in total. The molecule has 1 rings (SSSR count). The smallest absolute Gasteiger partial charge is 0.00858 e. The first-order valence-electron chi connectivity index (χ1n) is 5.48. The molecule has 0 aliphatic heterocycles. The zero-order valence-corrected chi connectivity index (χ0v) is 12.0. The second-order valence-electron chi connectivity index (χ2n) is 5.35. The lowest BCUT2D eigenvalue weighted by molar-refractivity contribution is 0.423. The van der Waals surface area contributed by atoms with Crippen molar-refractivity contribution in [2.24, 2.45) is 5.41 Å². The molecule has 0 radical (unpaired) electrons. The molecule has 0 aromatic heterocycles. The van der Waals surface area contributed by atoms with E-state index < -0.39 is 0 Å². The van der Waals surface area contributed by atoms with Gasteiger partial charge in [0.1, 0.15) is 0 Å². The molecule has 0 atom stereocenters. The van der Waals surface area contributed by atoms with Crippen LogP contribution in [0.3, 0.4) is 0 Å². The highest BCUT2D eigenvalue weighted by Crippen LogP contribution is 2.28. The van der Waals surface area contributed by atoms with Crippen LogP contribution in [0.25, 0.3) is 0 Å². The Balaban J connectivity index is 3.05. The summed E-state index contributed by atoms with van der Waals surface area (Å²) >= 11 is 3.59. The fraction of sp³-hybridized carbons (Fsp3) is 0.571. The summed E-state index contributed by atoms with van der Waals surface area (Å²) in [4.78, 5) is 0. The zero-order chi connectivity index (χ0) is 11.6. The summed E-state index contributed by atoms with van der Waals surface area (Å²) in [6.07, 6.45) is 1.15. The van der Waals surface area contributed by atoms with Crippen molar-refractivity contribution in [1.29, 1.82) is 0 Å². The predicted octanol–water partition coefficient (Wildman–Crippen LogP) is 4.58. The van der Waals surface area contributed by atoms with E-state index in [1.165, 1.54) is 22.3 Å². The standard InChI is InChI=1S/C14H21Br/c1-10-6-11(2)13(12(3)7-10)8-14(4,5)9-15/h6-7H,8-9H2,1-5H3. The van der Waals surface area contributed by atoms with Gasteiger partial charge in [-0.25, -0.2) is 0 Å². The fourth-order valence-electron chi connectivity index (χ4n) is 2.01. The second kappa shape index (κ2) is 4.69. The van der Waals surface area contributed by atoms with Crippen LogP contribution in [-0.2, 0) is 6.42 Å². The average molecular weight is 269 g/mol. The van der Waals surface area contributed by atoms with Crippen molar-refractivity contribution in [3.05, 3.63) is 34.4 Å². The van der Waals surface area contributed by atoms with Crippen molar-refractivity contribution in [2.45, 2.75) is 41.0 Å². The van der Waals surface area contributed by atoms with Gasteiger partial charge >= 0.3 is 0 Å². The summed E-state index contributed by atoms with van der Waals surface area (Å²) in [6, 6.07) is 4.57. The maximum atomic E-state index is 3.59. The van der Waals surface area contributed by atoms with E-state index in [2.05, 4.69) is 62.7 Å². The summed E-state index contributed by atoms with van der Waals surface area (Å²) < 4.78 is 0. The van der Waals surface area contributed by atoms with Crippen LogP contribution in [-0.4, -0.2) is 5.33 Å². The minimum Gasteiger partial charge on any atom is -0.0922 e. The van der Waals surface area contributed by atoms with Crippen LogP contribution in [0.5, 0.6) is 0 Å². The van der Waals surface area contributed by atoms with Crippen LogP contribution >= 0.6 is 15.9 Å². The summed E-state index contributed by atoms with van der Waals surface area (Å²) in [5.41, 5.74) is 6.09. The van der Waals surface area contributed by atoms with Crippen molar-refractivity contribution < 1.29 is 0 Å². The molecule has 84 valence electrons. The van der Waals surface area contributed by atoms with Gasteiger partial charge in [-0.15, -0.1) is 0 Å². The van der Waals surface area contributed by atoms with Crippen LogP contribution in [0.1, 0.15) is 36.1 Å². The monoisotopic (exact) mass is 268 g/mol. The van der Waals surface area contributed by atoms with Crippen molar-refractivity contribution in [3.8, 4) is 0 Å². The molecule has 0 unspecified atom stereocenters. The average Bonchev–Trinajstić information content (AvgIpc) is 2.11. The van der Waals surface area contributed by atoms with Crippen molar-refractivity contribution in [3.63, 3.8) is 0 Å². The number of rotatable bonds is 3. The van der Waals surface area contributed by atoms with E-state index in [1.807, 2.05) is 0 Å². The highest BCUT2D eigenvalue weighted by molar-refractivity contribution is 9.09. The van der Waals surface area contributed by atoms with E-state index in [-0.39, 0.29) is 0 Å². The first-order chi connectivity index (χ1) is 6.85. The third kappa shape index (κ3) is 3.34. The van der Waals surface area contributed by atoms with E-state index in [0.29, 0.717) is 5.41 Å². The summed E-state index contributed by atoms with van der Waals surface area (Å²) in [5.74, 6) is 0. The lowest BCUT2D eigenvalue weighted by Crippen LogP contribution is -2.18. The van der Waals surface area contributed by atoms with Crippen molar-refractivity contribution in [2.75, 3.05) is 5.33 Å². The normalized spacial score (nSPS) is 11.9. The highest BCUT2D eigenvalue weighted by Gasteiger charge is 2.19. The first-order valence-corrected chi connectivity index (χ1v) is 6.60. The molecule has 0 heterocycles. The Labute approximate surface area is 102 Å². The molecule has 0 nitrogen and oxygen atoms in total. The Morgan fingerprint density at radius 3 is 1.93 bits per heavy atom. The van der Waals surface area contributed by atoms with Gasteiger partial charge in [-0.05, 0) is 49.3 Å². The number of benzene rings is 1. The van der Waals surface area contributed by atoms with Gasteiger partial charge in [-0.2, -0.15) is 0 Å². The third-order valence-corrected chi connectivity index (χ3v) is 4.38. The topological polar surface area (TPSA) is 0 Å². The zero-order valence-electron chi connectivity index (χ0n) is 10.4. The van der Waals surface area contributed by atoms with E-state index in [4.69, 9.17) is 0 Å². The minimum atomic E-state index is 0.338. The van der Waals surface area contributed by atoms with E-state index in [0.717, 1.165) is 11.8 Å². The minimum absolute atomic E-state index is 0.338. The van der Waals surface area contributed by atoms with Gasteiger partial charge in [0.05, 0.1) is 0 Å². The van der Waals surface area contributed by atoms with Gasteiger partial charge in [0.15, 0.2) is 0 Å². The SMILES string of the molecule is Cc1cc(C)c(CC(C)(C)CBr)c(C)c1. The van der Waals surface area contributed by atoms with Crippen molar-refractivity contribution in [1.82, 2.24) is 0 Å². The molecule has 1 aromatic carbocycles. The lowest BCUT2D eigenvalue weighted by atomic mass is 9.84. The number of alkyl halides is 1. The first kappa shape index (κ1) is 12.8. The van der Waals surface area contributed by atoms with Crippen molar-refractivity contribution >= 4 is 15.9 Å². The number of halogens is 1. The Bertz CT molecular complexity index is 327. The molecular formula is C14H21Br. The van der Waals surface area contributed by atoms with Crippen LogP contribution in [0.15, 0.2) is 12.1 Å². The molecule has 0 saturated heterocycles. The predicted molar refractivity (Wildman–Crippen MR) is 71.9 cm³/mol. The summed E-state index contributed by atoms with van der Waals surface area (Å²) in [5, 5.41) is 1.05. The molecule has 1 heteroatoms. The van der Waals surface area contributed by atoms with Gasteiger partial charge in [0.2, 0.25) is 0 Å². The Morgan fingerprint density at radius 1 is 1.07 bits per heavy atom. The quantitative estimate of drug-likeness (QED) is 0.705. The molecule has 15 heavy (non-hydrogen) atoms. The Kier molecular flexibility index (Phi) is 3.99.